The van der Waals surface area contributed by atoms with Crippen LogP contribution in [-0.2, 0) is 0 Å². The van der Waals surface area contributed by atoms with Crippen LogP contribution in [0.3, 0.4) is 0 Å². The number of carbonyl (C=O) groups excluding carboxylic acids is 1. The van der Waals surface area contributed by atoms with Crippen molar-refractivity contribution >= 4 is 6.03 Å². The minimum atomic E-state index is -0.377. The lowest BCUT2D eigenvalue weighted by molar-refractivity contribution is 0.200. The fourth-order valence-electron chi connectivity index (χ4n) is 2.71. The lowest BCUT2D eigenvalue weighted by Crippen LogP contribution is -2.43. The van der Waals surface area contributed by atoms with Gasteiger partial charge in [-0.05, 0) is 31.1 Å². The Hall–Kier alpha value is -1.13. The molecule has 0 radical (unpaired) electrons. The average molecular weight is 197 g/mol. The summed E-state index contributed by atoms with van der Waals surface area (Å²) >= 11 is 0. The number of amides is 2. The van der Waals surface area contributed by atoms with Crippen LogP contribution in [0.1, 0.15) is 25.7 Å². The van der Waals surface area contributed by atoms with Crippen LogP contribution in [0.15, 0.2) is 5.29 Å². The Morgan fingerprint density at radius 3 is 2.71 bits per heavy atom. The molecule has 1 N–H and O–H groups in total. The molecule has 3 unspecified atom stereocenters. The van der Waals surface area contributed by atoms with Gasteiger partial charge in [-0.15, -0.1) is 4.91 Å². The van der Waals surface area contributed by atoms with Crippen LogP contribution in [0.25, 0.3) is 0 Å². The molecule has 5 heteroatoms. The molecule has 78 valence electrons. The first-order valence-corrected chi connectivity index (χ1v) is 5.08. The van der Waals surface area contributed by atoms with E-state index in [2.05, 4.69) is 10.6 Å². The van der Waals surface area contributed by atoms with E-state index >= 15 is 0 Å². The highest BCUT2D eigenvalue weighted by atomic mass is 16.3. The quantitative estimate of drug-likeness (QED) is 0.538. The molecule has 2 aliphatic rings. The van der Waals surface area contributed by atoms with Crippen LogP contribution in [0, 0.1) is 16.7 Å². The summed E-state index contributed by atoms with van der Waals surface area (Å²) < 4.78 is 0. The number of nitroso groups, excluding NO2 is 1. The van der Waals surface area contributed by atoms with Gasteiger partial charge in [-0.25, -0.2) is 4.79 Å². The molecule has 0 saturated heterocycles. The Bertz CT molecular complexity index is 256. The van der Waals surface area contributed by atoms with Gasteiger partial charge in [0.05, 0.1) is 5.29 Å². The van der Waals surface area contributed by atoms with E-state index in [9.17, 15) is 9.70 Å². The molecular weight excluding hydrogens is 182 g/mol. The third-order valence-electron chi connectivity index (χ3n) is 3.46. The molecule has 2 bridgehead atoms. The minimum Gasteiger partial charge on any atom is -0.333 e. The summed E-state index contributed by atoms with van der Waals surface area (Å²) in [5.74, 6) is 1.42. The fraction of sp³-hybridized carbons (Fsp3) is 0.889. The second-order valence-electron chi connectivity index (χ2n) is 4.34. The standard InChI is InChI=1S/C9H15N3O2/c1-12(11-14)9(13)10-8-5-6-2-3-7(8)4-6/h6-8H,2-5H2,1H3,(H,10,13). The number of nitrogens with zero attached hydrogens (tertiary/aromatic N) is 2. The molecule has 0 aromatic carbocycles. The van der Waals surface area contributed by atoms with E-state index in [-0.39, 0.29) is 12.1 Å². The van der Waals surface area contributed by atoms with Crippen LogP contribution in [-0.4, -0.2) is 24.1 Å². The third kappa shape index (κ3) is 1.58. The summed E-state index contributed by atoms with van der Waals surface area (Å²) in [6, 6.07) is -0.108. The van der Waals surface area contributed by atoms with Crippen LogP contribution in [0.5, 0.6) is 0 Å². The number of fused-ring (bicyclic) bond motifs is 2. The van der Waals surface area contributed by atoms with Crippen molar-refractivity contribution in [3.8, 4) is 0 Å². The largest absolute Gasteiger partial charge is 0.340 e. The number of urea groups is 1. The Labute approximate surface area is 82.8 Å². The SMILES string of the molecule is CN(N=O)C(=O)NC1CC2CCC1C2. The summed E-state index contributed by atoms with van der Waals surface area (Å²) in [6.45, 7) is 0. The van der Waals surface area contributed by atoms with Crippen molar-refractivity contribution in [3.05, 3.63) is 4.91 Å². The van der Waals surface area contributed by atoms with E-state index in [0.717, 1.165) is 17.3 Å². The lowest BCUT2D eigenvalue weighted by Gasteiger charge is -2.23. The van der Waals surface area contributed by atoms with Crippen LogP contribution >= 0.6 is 0 Å². The first-order chi connectivity index (χ1) is 6.70. The molecule has 3 atom stereocenters. The van der Waals surface area contributed by atoms with Crippen LogP contribution in [0.2, 0.25) is 0 Å². The van der Waals surface area contributed by atoms with Crippen molar-refractivity contribution in [1.82, 2.24) is 10.3 Å². The maximum absolute atomic E-state index is 11.3. The smallest absolute Gasteiger partial charge is 0.333 e. The highest BCUT2D eigenvalue weighted by molar-refractivity contribution is 5.73. The van der Waals surface area contributed by atoms with Crippen LogP contribution < -0.4 is 5.32 Å². The minimum absolute atomic E-state index is 0.269. The van der Waals surface area contributed by atoms with Crippen molar-refractivity contribution in [2.24, 2.45) is 17.1 Å². The second kappa shape index (κ2) is 3.55. The lowest BCUT2D eigenvalue weighted by atomic mass is 9.95. The monoisotopic (exact) mass is 197 g/mol. The van der Waals surface area contributed by atoms with E-state index < -0.39 is 0 Å². The van der Waals surface area contributed by atoms with Gasteiger partial charge in [0.25, 0.3) is 0 Å². The molecule has 0 aromatic heterocycles. The molecule has 5 nitrogen and oxygen atoms in total. The van der Waals surface area contributed by atoms with Gasteiger partial charge in [0.2, 0.25) is 0 Å². The predicted octanol–water partition coefficient (Wildman–Crippen LogP) is 1.50. The molecule has 2 fully saturated rings. The number of hydrogen-bond donors (Lipinski definition) is 1. The Kier molecular flexibility index (Phi) is 2.39. The fourth-order valence-corrected chi connectivity index (χ4v) is 2.71. The van der Waals surface area contributed by atoms with E-state index in [1.165, 1.54) is 26.3 Å². The van der Waals surface area contributed by atoms with E-state index in [0.29, 0.717) is 5.92 Å². The summed E-state index contributed by atoms with van der Waals surface area (Å²) in [5.41, 5.74) is 0. The molecule has 2 amide bonds. The Balaban J connectivity index is 1.86. The summed E-state index contributed by atoms with van der Waals surface area (Å²) in [4.78, 5) is 21.4. The zero-order valence-corrected chi connectivity index (χ0v) is 8.27. The molecule has 0 aliphatic heterocycles. The maximum Gasteiger partial charge on any atom is 0.340 e. The first-order valence-electron chi connectivity index (χ1n) is 5.08. The molecule has 14 heavy (non-hydrogen) atoms. The maximum atomic E-state index is 11.3. The van der Waals surface area contributed by atoms with E-state index in [4.69, 9.17) is 0 Å². The summed E-state index contributed by atoms with van der Waals surface area (Å²) in [7, 11) is 1.37. The van der Waals surface area contributed by atoms with Gasteiger partial charge in [0, 0.05) is 13.1 Å². The van der Waals surface area contributed by atoms with Gasteiger partial charge in [0.1, 0.15) is 0 Å². The molecule has 2 saturated carbocycles. The predicted molar refractivity (Wildman–Crippen MR) is 51.3 cm³/mol. The van der Waals surface area contributed by atoms with E-state index in [1.54, 1.807) is 0 Å². The van der Waals surface area contributed by atoms with Crippen molar-refractivity contribution in [1.29, 1.82) is 0 Å². The number of nitrogens with one attached hydrogen (secondary N) is 1. The molecule has 0 heterocycles. The number of hydrogen-bond acceptors (Lipinski definition) is 3. The van der Waals surface area contributed by atoms with Gasteiger partial charge in [-0.1, -0.05) is 6.42 Å². The molecular formula is C9H15N3O2. The van der Waals surface area contributed by atoms with Gasteiger partial charge in [0.15, 0.2) is 0 Å². The molecule has 0 aromatic rings. The highest BCUT2D eigenvalue weighted by Gasteiger charge is 2.40. The van der Waals surface area contributed by atoms with Gasteiger partial charge < -0.3 is 5.32 Å². The topological polar surface area (TPSA) is 61.8 Å². The molecule has 2 rings (SSSR count). The Morgan fingerprint density at radius 2 is 2.21 bits per heavy atom. The van der Waals surface area contributed by atoms with Crippen molar-refractivity contribution < 1.29 is 4.79 Å². The van der Waals surface area contributed by atoms with Crippen molar-refractivity contribution in [2.45, 2.75) is 31.7 Å². The Morgan fingerprint density at radius 1 is 1.43 bits per heavy atom. The zero-order chi connectivity index (χ0) is 10.1. The molecule has 2 aliphatic carbocycles. The van der Waals surface area contributed by atoms with Crippen molar-refractivity contribution in [2.75, 3.05) is 7.05 Å². The summed E-state index contributed by atoms with van der Waals surface area (Å²) in [5, 5.41) is 6.23. The van der Waals surface area contributed by atoms with Gasteiger partial charge in [-0.3, -0.25) is 0 Å². The number of rotatable bonds is 2. The van der Waals surface area contributed by atoms with Gasteiger partial charge in [-0.2, -0.15) is 5.01 Å². The van der Waals surface area contributed by atoms with Crippen LogP contribution in [0.4, 0.5) is 4.79 Å². The highest BCUT2D eigenvalue weighted by Crippen LogP contribution is 2.44. The van der Waals surface area contributed by atoms with E-state index in [1.807, 2.05) is 0 Å². The van der Waals surface area contributed by atoms with Gasteiger partial charge >= 0.3 is 6.03 Å². The first kappa shape index (κ1) is 9.43. The second-order valence-corrected chi connectivity index (χ2v) is 4.34. The molecule has 0 spiro atoms. The summed E-state index contributed by atoms with van der Waals surface area (Å²) in [6.07, 6.45) is 4.83. The number of carbonyl (C=O) groups is 1. The average Bonchev–Trinajstić information content (AvgIpc) is 2.77. The normalized spacial score (nSPS) is 34.2. The third-order valence-corrected chi connectivity index (χ3v) is 3.46. The zero-order valence-electron chi connectivity index (χ0n) is 8.27. The van der Waals surface area contributed by atoms with Crippen molar-refractivity contribution in [3.63, 3.8) is 0 Å².